The number of carbonyl (C=O) groups is 1. The summed E-state index contributed by atoms with van der Waals surface area (Å²) in [7, 11) is 0. The molecule has 1 aliphatic rings. The summed E-state index contributed by atoms with van der Waals surface area (Å²) < 4.78 is 1.94. The van der Waals surface area contributed by atoms with Gasteiger partial charge in [-0.2, -0.15) is 0 Å². The van der Waals surface area contributed by atoms with Crippen molar-refractivity contribution in [2.24, 2.45) is 5.73 Å². The molecule has 0 unspecified atom stereocenters. The lowest BCUT2D eigenvalue weighted by atomic mass is 10.2. The number of aromatic nitrogens is 3. The zero-order valence-corrected chi connectivity index (χ0v) is 13.1. The molecular formula is C14H23N5OS. The van der Waals surface area contributed by atoms with Crippen molar-refractivity contribution >= 4 is 17.7 Å². The largest absolute Gasteiger partial charge is 0.353 e. The smallest absolute Gasteiger partial charge is 0.221 e. The van der Waals surface area contributed by atoms with Gasteiger partial charge in [0.05, 0.1) is 6.54 Å². The van der Waals surface area contributed by atoms with E-state index in [-0.39, 0.29) is 5.91 Å². The zero-order chi connectivity index (χ0) is 15.1. The Morgan fingerprint density at radius 3 is 2.90 bits per heavy atom. The van der Waals surface area contributed by atoms with Crippen LogP contribution >= 0.6 is 11.8 Å². The highest BCUT2D eigenvalue weighted by Gasteiger charge is 2.17. The van der Waals surface area contributed by atoms with Gasteiger partial charge in [0.2, 0.25) is 5.91 Å². The Balaban J connectivity index is 1.78. The van der Waals surface area contributed by atoms with E-state index >= 15 is 0 Å². The number of nitrogens with two attached hydrogens (primary N) is 1. The van der Waals surface area contributed by atoms with E-state index in [1.54, 1.807) is 6.08 Å². The predicted molar refractivity (Wildman–Crippen MR) is 83.9 cm³/mol. The third-order valence-corrected chi connectivity index (χ3v) is 4.54. The lowest BCUT2D eigenvalue weighted by Gasteiger charge is -2.11. The van der Waals surface area contributed by atoms with E-state index < -0.39 is 0 Å². The van der Waals surface area contributed by atoms with E-state index in [0.29, 0.717) is 31.3 Å². The summed E-state index contributed by atoms with van der Waals surface area (Å²) in [5.41, 5.74) is 5.63. The monoisotopic (exact) mass is 309 g/mol. The number of carbonyl (C=O) groups excluding carboxylic acids is 1. The molecule has 1 saturated carbocycles. The summed E-state index contributed by atoms with van der Waals surface area (Å²) in [6.45, 7) is 4.71. The summed E-state index contributed by atoms with van der Waals surface area (Å²) >= 11 is 1.53. The lowest BCUT2D eigenvalue weighted by Crippen LogP contribution is -2.32. The Labute approximate surface area is 129 Å². The van der Waals surface area contributed by atoms with Crippen LogP contribution in [0.15, 0.2) is 17.8 Å². The van der Waals surface area contributed by atoms with Gasteiger partial charge in [0, 0.05) is 24.8 Å². The molecule has 1 aliphatic carbocycles. The number of rotatable bonds is 8. The average molecular weight is 309 g/mol. The first kappa shape index (κ1) is 16.0. The van der Waals surface area contributed by atoms with Gasteiger partial charge in [-0.3, -0.25) is 4.79 Å². The van der Waals surface area contributed by atoms with Crippen LogP contribution in [0.1, 0.15) is 37.9 Å². The highest BCUT2D eigenvalue weighted by atomic mass is 32.2. The third kappa shape index (κ3) is 4.57. The van der Waals surface area contributed by atoms with E-state index in [2.05, 4.69) is 22.1 Å². The van der Waals surface area contributed by atoms with Crippen molar-refractivity contribution in [2.45, 2.75) is 56.4 Å². The van der Waals surface area contributed by atoms with Crippen molar-refractivity contribution in [3.63, 3.8) is 0 Å². The summed E-state index contributed by atoms with van der Waals surface area (Å²) in [5, 5.41) is 12.1. The van der Waals surface area contributed by atoms with Crippen molar-refractivity contribution in [1.29, 1.82) is 0 Å². The van der Waals surface area contributed by atoms with Crippen LogP contribution in [0.2, 0.25) is 0 Å². The number of allylic oxidation sites excluding steroid dienone is 1. The van der Waals surface area contributed by atoms with Gasteiger partial charge in [0.25, 0.3) is 0 Å². The third-order valence-electron chi connectivity index (χ3n) is 3.57. The Morgan fingerprint density at radius 1 is 1.48 bits per heavy atom. The first-order valence-electron chi connectivity index (χ1n) is 7.39. The lowest BCUT2D eigenvalue weighted by molar-refractivity contribution is -0.121. The molecule has 116 valence electrons. The molecule has 7 heteroatoms. The molecule has 1 amide bonds. The highest BCUT2D eigenvalue weighted by Crippen LogP contribution is 2.19. The predicted octanol–water partition coefficient (Wildman–Crippen LogP) is 1.46. The van der Waals surface area contributed by atoms with Gasteiger partial charge in [0.1, 0.15) is 5.82 Å². The van der Waals surface area contributed by atoms with E-state index in [9.17, 15) is 4.79 Å². The van der Waals surface area contributed by atoms with Gasteiger partial charge in [0.15, 0.2) is 5.16 Å². The molecular weight excluding hydrogens is 286 g/mol. The second kappa shape index (κ2) is 8.19. The molecule has 0 spiro atoms. The molecule has 0 radical (unpaired) electrons. The van der Waals surface area contributed by atoms with Crippen LogP contribution in [0.3, 0.4) is 0 Å². The van der Waals surface area contributed by atoms with Crippen molar-refractivity contribution < 1.29 is 4.79 Å². The number of hydrogen-bond acceptors (Lipinski definition) is 5. The second-order valence-corrected chi connectivity index (χ2v) is 6.21. The second-order valence-electron chi connectivity index (χ2n) is 5.15. The van der Waals surface area contributed by atoms with Crippen LogP contribution in [-0.4, -0.2) is 32.5 Å². The summed E-state index contributed by atoms with van der Waals surface area (Å²) in [4.78, 5) is 11.9. The maximum Gasteiger partial charge on any atom is 0.221 e. The SMILES string of the molecule is C=CCn1c(CN)nnc1SCCC(=O)NC1CCCC1. The van der Waals surface area contributed by atoms with Crippen LogP contribution in [-0.2, 0) is 17.9 Å². The standard InChI is InChI=1S/C14H23N5OS/c1-2-8-19-12(10-15)17-18-14(19)21-9-7-13(20)16-11-5-3-4-6-11/h2,11H,1,3-10,15H2,(H,16,20). The minimum absolute atomic E-state index is 0.128. The molecule has 1 aromatic rings. The number of nitrogens with one attached hydrogen (secondary N) is 1. The summed E-state index contributed by atoms with van der Waals surface area (Å²) in [5.74, 6) is 1.56. The number of nitrogens with zero attached hydrogens (tertiary/aromatic N) is 3. The summed E-state index contributed by atoms with van der Waals surface area (Å²) in [6.07, 6.45) is 6.98. The van der Waals surface area contributed by atoms with Crippen LogP contribution < -0.4 is 11.1 Å². The molecule has 1 fully saturated rings. The normalized spacial score (nSPS) is 15.3. The maximum absolute atomic E-state index is 11.9. The van der Waals surface area contributed by atoms with Gasteiger partial charge in [-0.15, -0.1) is 16.8 Å². The first-order valence-corrected chi connectivity index (χ1v) is 8.38. The molecule has 0 bridgehead atoms. The Hall–Kier alpha value is -1.34. The van der Waals surface area contributed by atoms with Crippen LogP contribution in [0, 0.1) is 0 Å². The topological polar surface area (TPSA) is 85.8 Å². The number of thioether (sulfide) groups is 1. The van der Waals surface area contributed by atoms with Crippen molar-refractivity contribution in [1.82, 2.24) is 20.1 Å². The summed E-state index contributed by atoms with van der Waals surface area (Å²) in [6, 6.07) is 0.385. The zero-order valence-electron chi connectivity index (χ0n) is 12.3. The average Bonchev–Trinajstić information content (AvgIpc) is 3.10. The Kier molecular flexibility index (Phi) is 6.25. The maximum atomic E-state index is 11.9. The van der Waals surface area contributed by atoms with Gasteiger partial charge in [-0.05, 0) is 12.8 Å². The van der Waals surface area contributed by atoms with E-state index in [0.717, 1.165) is 23.8 Å². The first-order chi connectivity index (χ1) is 10.2. The van der Waals surface area contributed by atoms with Crippen molar-refractivity contribution in [3.8, 4) is 0 Å². The molecule has 0 aromatic carbocycles. The Bertz CT molecular complexity index is 482. The van der Waals surface area contributed by atoms with Crippen LogP contribution in [0.25, 0.3) is 0 Å². The fourth-order valence-corrected chi connectivity index (χ4v) is 3.40. The van der Waals surface area contributed by atoms with Gasteiger partial charge < -0.3 is 15.6 Å². The molecule has 2 rings (SSSR count). The van der Waals surface area contributed by atoms with E-state index in [1.807, 2.05) is 4.57 Å². The molecule has 0 aliphatic heterocycles. The molecule has 6 nitrogen and oxygen atoms in total. The molecule has 0 saturated heterocycles. The molecule has 0 atom stereocenters. The highest BCUT2D eigenvalue weighted by molar-refractivity contribution is 7.99. The fraction of sp³-hybridized carbons (Fsp3) is 0.643. The minimum atomic E-state index is 0.128. The van der Waals surface area contributed by atoms with Crippen molar-refractivity contribution in [3.05, 3.63) is 18.5 Å². The fourth-order valence-electron chi connectivity index (χ4n) is 2.49. The van der Waals surface area contributed by atoms with Gasteiger partial charge in [-0.1, -0.05) is 30.7 Å². The molecule has 1 aromatic heterocycles. The Morgan fingerprint density at radius 2 is 2.24 bits per heavy atom. The van der Waals surface area contributed by atoms with Gasteiger partial charge >= 0.3 is 0 Å². The number of amides is 1. The van der Waals surface area contributed by atoms with Crippen LogP contribution in [0.5, 0.6) is 0 Å². The van der Waals surface area contributed by atoms with E-state index in [4.69, 9.17) is 5.73 Å². The van der Waals surface area contributed by atoms with Crippen LogP contribution in [0.4, 0.5) is 0 Å². The van der Waals surface area contributed by atoms with Crippen molar-refractivity contribution in [2.75, 3.05) is 5.75 Å². The molecule has 3 N–H and O–H groups in total. The molecule has 1 heterocycles. The quantitative estimate of drug-likeness (QED) is 0.561. The minimum Gasteiger partial charge on any atom is -0.353 e. The van der Waals surface area contributed by atoms with E-state index in [1.165, 1.54) is 24.6 Å². The molecule has 21 heavy (non-hydrogen) atoms. The number of hydrogen-bond donors (Lipinski definition) is 2. The van der Waals surface area contributed by atoms with Gasteiger partial charge in [-0.25, -0.2) is 0 Å².